The summed E-state index contributed by atoms with van der Waals surface area (Å²) in [6.07, 6.45) is 0.894. The van der Waals surface area contributed by atoms with Crippen LogP contribution in [0.5, 0.6) is 0 Å². The number of hydrogen-bond acceptors (Lipinski definition) is 9. The van der Waals surface area contributed by atoms with Crippen LogP contribution in [0.3, 0.4) is 0 Å². The number of hydrogen-bond donors (Lipinski definition) is 5. The van der Waals surface area contributed by atoms with Gasteiger partial charge in [-0.25, -0.2) is 26.3 Å². The molecule has 2 aromatic rings. The zero-order chi connectivity index (χ0) is 33.1. The van der Waals surface area contributed by atoms with E-state index in [2.05, 4.69) is 25.4 Å². The molecule has 0 atom stereocenters. The lowest BCUT2D eigenvalue weighted by Gasteiger charge is -2.06. The van der Waals surface area contributed by atoms with Gasteiger partial charge >= 0.3 is 0 Å². The normalized spacial score (nSPS) is 15.9. The molecule has 0 aliphatic heterocycles. The Hall–Kier alpha value is -2.26. The maximum atomic E-state index is 11.5. The predicted molar refractivity (Wildman–Crippen MR) is 151 cm³/mol. The van der Waals surface area contributed by atoms with Crippen LogP contribution in [0.2, 0.25) is 0 Å². The van der Waals surface area contributed by atoms with Gasteiger partial charge in [-0.15, -0.1) is 12.4 Å². The highest BCUT2D eigenvalue weighted by molar-refractivity contribution is 7.88. The highest BCUT2D eigenvalue weighted by Gasteiger charge is 2.08. The number of sulfonamides is 2. The fourth-order valence-electron chi connectivity index (χ4n) is 2.38. The summed E-state index contributed by atoms with van der Waals surface area (Å²) in [6.45, 7) is -8.83. The number of nitrogens with two attached hydrogens (primary N) is 1. The van der Waals surface area contributed by atoms with Gasteiger partial charge in [0.15, 0.2) is 0 Å². The van der Waals surface area contributed by atoms with Gasteiger partial charge in [-0.1, -0.05) is 24.3 Å². The second kappa shape index (κ2) is 17.2. The maximum Gasteiger partial charge on any atom is 0.215 e. The fraction of sp³-hybridized carbons (Fsp3) is 0.409. The quantitative estimate of drug-likeness (QED) is 0.138. The van der Waals surface area contributed by atoms with E-state index in [0.717, 1.165) is 11.3 Å². The molecule has 0 fully saturated rings. The zero-order valence-corrected chi connectivity index (χ0v) is 22.3. The van der Waals surface area contributed by atoms with E-state index >= 15 is 0 Å². The third-order valence-corrected chi connectivity index (χ3v) is 6.91. The molecular weight excluding hydrogens is 526 g/mol. The molecule has 0 spiro atoms. The van der Waals surface area contributed by atoms with Crippen LogP contribution in [-0.4, -0.2) is 62.5 Å². The molecular formula is C22H38ClN7O4S2. The standard InChI is InChI=1S/C14H24N4O2S.C8H13N3O2S.ClH/c1-15-21(19,20)12-13-6-8-14(9-7-13)17-16-10-4-5-11-18(2)3;1-10-14(12,13)6-7-2-4-8(11-9)5-3-7;/h6-10,15,17H,4-5,11-12H2,1-3H3;2-5,10-11H,6,9H2,1H3;1H/b16-10+;;/i2D3,3D3,11D2;;. The minimum absolute atomic E-state index is 0. The summed E-state index contributed by atoms with van der Waals surface area (Å²) < 4.78 is 109. The minimum Gasteiger partial charge on any atom is -0.324 e. The molecule has 14 heteroatoms. The molecule has 0 unspecified atom stereocenters. The Morgan fingerprint density at radius 3 is 1.81 bits per heavy atom. The first-order chi connectivity index (χ1) is 19.7. The first kappa shape index (κ1) is 21.8. The second-order valence-corrected chi connectivity index (χ2v) is 10.8. The van der Waals surface area contributed by atoms with E-state index < -0.39 is 46.9 Å². The zero-order valence-electron chi connectivity index (χ0n) is 27.9. The third-order valence-electron chi connectivity index (χ3n) is 4.24. The molecule has 0 amide bonds. The van der Waals surface area contributed by atoms with Crippen molar-refractivity contribution in [1.82, 2.24) is 14.3 Å². The lowest BCUT2D eigenvalue weighted by Crippen LogP contribution is -2.20. The molecule has 0 saturated heterocycles. The number of nitrogens with zero attached hydrogens (tertiary/aromatic N) is 2. The molecule has 36 heavy (non-hydrogen) atoms. The molecule has 0 aliphatic carbocycles. The van der Waals surface area contributed by atoms with Crippen molar-refractivity contribution in [2.24, 2.45) is 10.9 Å². The largest absolute Gasteiger partial charge is 0.324 e. The van der Waals surface area contributed by atoms with Crippen LogP contribution in [0.4, 0.5) is 11.4 Å². The van der Waals surface area contributed by atoms with Crippen molar-refractivity contribution in [3.05, 3.63) is 59.7 Å². The molecule has 0 saturated carbocycles. The Labute approximate surface area is 232 Å². The van der Waals surface area contributed by atoms with Crippen molar-refractivity contribution in [2.45, 2.75) is 24.3 Å². The average molecular weight is 572 g/mol. The van der Waals surface area contributed by atoms with Crippen molar-refractivity contribution in [3.8, 4) is 0 Å². The molecule has 2 aromatic carbocycles. The van der Waals surface area contributed by atoms with Crippen molar-refractivity contribution in [3.63, 3.8) is 0 Å². The monoisotopic (exact) mass is 571 g/mol. The lowest BCUT2D eigenvalue weighted by molar-refractivity contribution is 0.404. The number of nitrogen functional groups attached to an aromatic ring is 1. The van der Waals surface area contributed by atoms with Gasteiger partial charge in [0.25, 0.3) is 0 Å². The summed E-state index contributed by atoms with van der Waals surface area (Å²) in [6, 6.07) is 13.3. The minimum atomic E-state index is -3.37. The van der Waals surface area contributed by atoms with Gasteiger partial charge in [0, 0.05) is 22.9 Å². The van der Waals surface area contributed by atoms with Gasteiger partial charge in [-0.2, -0.15) is 5.10 Å². The van der Waals surface area contributed by atoms with E-state index in [0.29, 0.717) is 11.3 Å². The maximum absolute atomic E-state index is 11.5. The summed E-state index contributed by atoms with van der Waals surface area (Å²) >= 11 is 0. The van der Waals surface area contributed by atoms with Gasteiger partial charge in [0.05, 0.1) is 17.2 Å². The van der Waals surface area contributed by atoms with Gasteiger partial charge in [0.2, 0.25) is 20.0 Å². The molecule has 0 aliphatic rings. The van der Waals surface area contributed by atoms with Crippen LogP contribution in [0.15, 0.2) is 53.6 Å². The number of hydrazone groups is 1. The van der Waals surface area contributed by atoms with E-state index in [1.807, 2.05) is 0 Å². The third kappa shape index (κ3) is 15.0. The molecule has 0 aromatic heterocycles. The molecule has 0 heterocycles. The van der Waals surface area contributed by atoms with E-state index in [1.165, 1.54) is 20.3 Å². The van der Waals surface area contributed by atoms with Crippen LogP contribution < -0.4 is 26.1 Å². The fourth-order valence-corrected chi connectivity index (χ4v) is 3.93. The predicted octanol–water partition coefficient (Wildman–Crippen LogP) is 1.92. The number of benzene rings is 2. The van der Waals surface area contributed by atoms with Crippen molar-refractivity contribution < 1.29 is 27.8 Å². The Balaban J connectivity index is 0.00000103. The molecule has 6 N–H and O–H groups in total. The first-order valence-corrected chi connectivity index (χ1v) is 13.5. The van der Waals surface area contributed by atoms with Crippen molar-refractivity contribution >= 4 is 50.0 Å². The number of halogens is 1. The van der Waals surface area contributed by atoms with Gasteiger partial charge < -0.3 is 10.3 Å². The SMILES string of the molecule is CNS(=O)(=O)Cc1ccc(NN)cc1.Cl.[2H]C([2H])([2H])N(C([2H])([2H])[2H])C([2H])([2H])CC/C=N/Nc1ccc(CS(=O)(=O)NC)cc1. The molecule has 2 rings (SSSR count). The van der Waals surface area contributed by atoms with Crippen molar-refractivity contribution in [1.29, 1.82) is 0 Å². The second-order valence-electron chi connectivity index (χ2n) is 6.92. The van der Waals surface area contributed by atoms with Crippen LogP contribution >= 0.6 is 12.4 Å². The summed E-state index contributed by atoms with van der Waals surface area (Å²) in [4.78, 5) is -0.0911. The number of hydrazine groups is 1. The Bertz CT molecular complexity index is 1380. The van der Waals surface area contributed by atoms with Crippen LogP contribution in [0.1, 0.15) is 34.9 Å². The number of anilines is 2. The van der Waals surface area contributed by atoms with Gasteiger partial charge in [-0.3, -0.25) is 11.3 Å². The van der Waals surface area contributed by atoms with E-state index in [-0.39, 0.29) is 35.2 Å². The lowest BCUT2D eigenvalue weighted by atomic mass is 10.2. The number of rotatable bonds is 13. The molecule has 204 valence electrons. The smallest absolute Gasteiger partial charge is 0.215 e. The van der Waals surface area contributed by atoms with E-state index in [1.54, 1.807) is 48.5 Å². The molecule has 0 radical (unpaired) electrons. The Morgan fingerprint density at radius 2 is 1.39 bits per heavy atom. The summed E-state index contributed by atoms with van der Waals surface area (Å²) in [5, 5.41) is 3.88. The highest BCUT2D eigenvalue weighted by atomic mass is 35.5. The van der Waals surface area contributed by atoms with Crippen molar-refractivity contribution in [2.75, 3.05) is 45.4 Å². The van der Waals surface area contributed by atoms with E-state index in [4.69, 9.17) is 16.8 Å². The average Bonchev–Trinajstić information content (AvgIpc) is 2.88. The Kier molecular flexibility index (Phi) is 10.4. The van der Waals surface area contributed by atoms with Crippen LogP contribution in [0, 0.1) is 0 Å². The topological polar surface area (TPSA) is 158 Å². The molecule has 0 bridgehead atoms. The summed E-state index contributed by atoms with van der Waals surface area (Å²) in [5.74, 6) is 4.99. The van der Waals surface area contributed by atoms with Crippen LogP contribution in [0.25, 0.3) is 0 Å². The highest BCUT2D eigenvalue weighted by Crippen LogP contribution is 2.12. The van der Waals surface area contributed by atoms with Gasteiger partial charge in [-0.05, 0) is 82.8 Å². The summed E-state index contributed by atoms with van der Waals surface area (Å²) in [5.41, 5.74) is 7.74. The van der Waals surface area contributed by atoms with Gasteiger partial charge in [0.1, 0.15) is 0 Å². The van der Waals surface area contributed by atoms with E-state index in [9.17, 15) is 16.8 Å². The number of nitrogens with one attached hydrogen (secondary N) is 4. The molecule has 11 nitrogen and oxygen atoms in total. The summed E-state index contributed by atoms with van der Waals surface area (Å²) in [7, 11) is -3.84. The Morgan fingerprint density at radius 1 is 0.917 bits per heavy atom. The van der Waals surface area contributed by atoms with Crippen LogP contribution in [-0.2, 0) is 31.6 Å². The first-order valence-electron chi connectivity index (χ1n) is 14.2.